The summed E-state index contributed by atoms with van der Waals surface area (Å²) in [5.74, 6) is 0.467. The van der Waals surface area contributed by atoms with E-state index in [9.17, 15) is 4.79 Å². The van der Waals surface area contributed by atoms with Crippen molar-refractivity contribution in [3.63, 3.8) is 0 Å². The molecular weight excluding hydrogens is 321 g/mol. The van der Waals surface area contributed by atoms with Crippen molar-refractivity contribution >= 4 is 29.1 Å². The lowest BCUT2D eigenvalue weighted by Crippen LogP contribution is -2.38. The average Bonchev–Trinajstić information content (AvgIpc) is 2.51. The Labute approximate surface area is 139 Å². The summed E-state index contributed by atoms with van der Waals surface area (Å²) in [5, 5.41) is 0.976. The van der Waals surface area contributed by atoms with Gasteiger partial charge in [0, 0.05) is 23.1 Å². The van der Waals surface area contributed by atoms with Crippen molar-refractivity contribution in [1.29, 1.82) is 0 Å². The van der Waals surface area contributed by atoms with Gasteiger partial charge in [0.05, 0.1) is 0 Å². The van der Waals surface area contributed by atoms with Crippen molar-refractivity contribution in [3.05, 3.63) is 63.6 Å². The summed E-state index contributed by atoms with van der Waals surface area (Å²) in [6.45, 7) is 1.34. The van der Waals surface area contributed by atoms with Crippen molar-refractivity contribution < 1.29 is 9.53 Å². The third-order valence-electron chi connectivity index (χ3n) is 3.68. The summed E-state index contributed by atoms with van der Waals surface area (Å²) >= 11 is 11.8. The molecule has 1 heterocycles. The lowest BCUT2D eigenvalue weighted by molar-refractivity contribution is -0.134. The van der Waals surface area contributed by atoms with E-state index in [1.807, 2.05) is 17.0 Å². The van der Waals surface area contributed by atoms with Gasteiger partial charge in [-0.15, -0.1) is 0 Å². The molecule has 0 aromatic heterocycles. The second-order valence-electron chi connectivity index (χ2n) is 5.23. The van der Waals surface area contributed by atoms with Gasteiger partial charge in [-0.3, -0.25) is 4.79 Å². The predicted octanol–water partition coefficient (Wildman–Crippen LogP) is 3.96. The van der Waals surface area contributed by atoms with Crippen LogP contribution in [0.2, 0.25) is 10.0 Å². The number of hydrogen-bond donors (Lipinski definition) is 0. The van der Waals surface area contributed by atoms with Crippen LogP contribution >= 0.6 is 23.2 Å². The zero-order valence-corrected chi connectivity index (χ0v) is 13.4. The van der Waals surface area contributed by atoms with Crippen LogP contribution in [0.5, 0.6) is 5.75 Å². The largest absolute Gasteiger partial charge is 0.484 e. The summed E-state index contributed by atoms with van der Waals surface area (Å²) in [5.41, 5.74) is 2.52. The SMILES string of the molecule is O=C(COc1cc(Cl)cc(Cl)c1)N1CCc2ccccc2C1. The summed E-state index contributed by atoms with van der Waals surface area (Å²) < 4.78 is 5.51. The Morgan fingerprint density at radius 1 is 1.09 bits per heavy atom. The molecule has 0 unspecified atom stereocenters. The van der Waals surface area contributed by atoms with Crippen LogP contribution in [0.1, 0.15) is 11.1 Å². The van der Waals surface area contributed by atoms with Crippen LogP contribution in [0.3, 0.4) is 0 Å². The maximum absolute atomic E-state index is 12.3. The van der Waals surface area contributed by atoms with Gasteiger partial charge in [0.2, 0.25) is 0 Å². The first kappa shape index (κ1) is 15.2. The second-order valence-corrected chi connectivity index (χ2v) is 6.10. The van der Waals surface area contributed by atoms with Gasteiger partial charge < -0.3 is 9.64 Å². The van der Waals surface area contributed by atoms with Gasteiger partial charge in [0.1, 0.15) is 5.75 Å². The zero-order chi connectivity index (χ0) is 15.5. The van der Waals surface area contributed by atoms with Crippen LogP contribution in [0, 0.1) is 0 Å². The van der Waals surface area contributed by atoms with E-state index in [0.29, 0.717) is 22.3 Å². The van der Waals surface area contributed by atoms with Crippen LogP contribution in [0.4, 0.5) is 0 Å². The average molecular weight is 336 g/mol. The molecule has 5 heteroatoms. The molecule has 0 atom stereocenters. The number of ether oxygens (including phenoxy) is 1. The number of rotatable bonds is 3. The smallest absolute Gasteiger partial charge is 0.260 e. The molecule has 0 aliphatic carbocycles. The summed E-state index contributed by atoms with van der Waals surface area (Å²) in [7, 11) is 0. The molecule has 1 amide bonds. The van der Waals surface area contributed by atoms with Crippen LogP contribution in [0.25, 0.3) is 0 Å². The highest BCUT2D eigenvalue weighted by Gasteiger charge is 2.20. The van der Waals surface area contributed by atoms with Gasteiger partial charge >= 0.3 is 0 Å². The highest BCUT2D eigenvalue weighted by molar-refractivity contribution is 6.34. The fourth-order valence-electron chi connectivity index (χ4n) is 2.56. The zero-order valence-electron chi connectivity index (χ0n) is 11.9. The molecule has 22 heavy (non-hydrogen) atoms. The van der Waals surface area contributed by atoms with Gasteiger partial charge in [-0.25, -0.2) is 0 Å². The molecule has 0 saturated carbocycles. The molecule has 2 aromatic rings. The second kappa shape index (κ2) is 6.59. The molecule has 3 rings (SSSR count). The third kappa shape index (κ3) is 3.54. The Morgan fingerprint density at radius 3 is 2.50 bits per heavy atom. The minimum absolute atomic E-state index is 0.0150. The topological polar surface area (TPSA) is 29.5 Å². The van der Waals surface area contributed by atoms with E-state index in [1.165, 1.54) is 11.1 Å². The number of carbonyl (C=O) groups is 1. The molecule has 0 radical (unpaired) electrons. The normalized spacial score (nSPS) is 13.6. The van der Waals surface area contributed by atoms with E-state index in [4.69, 9.17) is 27.9 Å². The number of nitrogens with zero attached hydrogens (tertiary/aromatic N) is 1. The first-order chi connectivity index (χ1) is 10.6. The summed E-state index contributed by atoms with van der Waals surface area (Å²) in [6.07, 6.45) is 0.880. The lowest BCUT2D eigenvalue weighted by atomic mass is 10.00. The van der Waals surface area contributed by atoms with Gasteiger partial charge in [0.25, 0.3) is 5.91 Å². The molecule has 0 bridgehead atoms. The molecule has 0 saturated heterocycles. The molecule has 0 N–H and O–H groups in total. The van der Waals surface area contributed by atoms with E-state index < -0.39 is 0 Å². The maximum Gasteiger partial charge on any atom is 0.260 e. The van der Waals surface area contributed by atoms with E-state index >= 15 is 0 Å². The molecule has 0 spiro atoms. The van der Waals surface area contributed by atoms with Crippen molar-refractivity contribution in [1.82, 2.24) is 4.90 Å². The Morgan fingerprint density at radius 2 is 1.77 bits per heavy atom. The van der Waals surface area contributed by atoms with Crippen molar-refractivity contribution in [2.75, 3.05) is 13.2 Å². The Hall–Kier alpha value is -1.71. The van der Waals surface area contributed by atoms with Gasteiger partial charge in [-0.05, 0) is 35.7 Å². The summed E-state index contributed by atoms with van der Waals surface area (Å²) in [4.78, 5) is 14.1. The molecule has 3 nitrogen and oxygen atoms in total. The Bertz CT molecular complexity index is 683. The van der Waals surface area contributed by atoms with E-state index in [-0.39, 0.29) is 12.5 Å². The number of amides is 1. The molecule has 1 aliphatic heterocycles. The maximum atomic E-state index is 12.3. The van der Waals surface area contributed by atoms with Crippen molar-refractivity contribution in [2.45, 2.75) is 13.0 Å². The van der Waals surface area contributed by atoms with Crippen LogP contribution in [-0.4, -0.2) is 24.0 Å². The lowest BCUT2D eigenvalue weighted by Gasteiger charge is -2.28. The van der Waals surface area contributed by atoms with E-state index in [1.54, 1.807) is 18.2 Å². The molecule has 0 fully saturated rings. The third-order valence-corrected chi connectivity index (χ3v) is 4.12. The number of halogens is 2. The fraction of sp³-hybridized carbons (Fsp3) is 0.235. The highest BCUT2D eigenvalue weighted by Crippen LogP contribution is 2.24. The van der Waals surface area contributed by atoms with Gasteiger partial charge in [-0.1, -0.05) is 47.5 Å². The minimum Gasteiger partial charge on any atom is -0.484 e. The highest BCUT2D eigenvalue weighted by atomic mass is 35.5. The first-order valence-electron chi connectivity index (χ1n) is 7.05. The number of fused-ring (bicyclic) bond motifs is 1. The van der Waals surface area contributed by atoms with Crippen molar-refractivity contribution in [3.8, 4) is 5.75 Å². The number of hydrogen-bond acceptors (Lipinski definition) is 2. The standard InChI is InChI=1S/C17H15Cl2NO2/c18-14-7-15(19)9-16(8-14)22-11-17(21)20-6-5-12-3-1-2-4-13(12)10-20/h1-4,7-9H,5-6,10-11H2. The minimum atomic E-state index is -0.0365. The molecule has 114 valence electrons. The first-order valence-corrected chi connectivity index (χ1v) is 7.81. The predicted molar refractivity (Wildman–Crippen MR) is 87.5 cm³/mol. The molecule has 1 aliphatic rings. The van der Waals surface area contributed by atoms with E-state index in [2.05, 4.69) is 12.1 Å². The van der Waals surface area contributed by atoms with Crippen LogP contribution in [0.15, 0.2) is 42.5 Å². The van der Waals surface area contributed by atoms with Crippen LogP contribution < -0.4 is 4.74 Å². The van der Waals surface area contributed by atoms with Gasteiger partial charge in [0.15, 0.2) is 6.61 Å². The van der Waals surface area contributed by atoms with Gasteiger partial charge in [-0.2, -0.15) is 0 Å². The Kier molecular flexibility index (Phi) is 4.55. The number of carbonyl (C=O) groups excluding carboxylic acids is 1. The Balaban J connectivity index is 1.61. The van der Waals surface area contributed by atoms with Crippen molar-refractivity contribution in [2.24, 2.45) is 0 Å². The summed E-state index contributed by atoms with van der Waals surface area (Å²) in [6, 6.07) is 13.1. The monoisotopic (exact) mass is 335 g/mol. The molecule has 2 aromatic carbocycles. The quantitative estimate of drug-likeness (QED) is 0.849. The molecular formula is C17H15Cl2NO2. The van der Waals surface area contributed by atoms with Crippen LogP contribution in [-0.2, 0) is 17.8 Å². The van der Waals surface area contributed by atoms with E-state index in [0.717, 1.165) is 13.0 Å². The number of benzene rings is 2. The fourth-order valence-corrected chi connectivity index (χ4v) is 3.06.